The van der Waals surface area contributed by atoms with Gasteiger partial charge in [0, 0.05) is 24.9 Å². The number of amides is 2. The van der Waals surface area contributed by atoms with Gasteiger partial charge in [-0.25, -0.2) is 16.8 Å². The zero-order valence-corrected chi connectivity index (χ0v) is 20.9. The Kier molecular flexibility index (Phi) is 6.92. The van der Waals surface area contributed by atoms with Gasteiger partial charge in [0.1, 0.15) is 16.3 Å². The third-order valence-electron chi connectivity index (χ3n) is 5.18. The van der Waals surface area contributed by atoms with Crippen molar-refractivity contribution in [1.82, 2.24) is 9.88 Å². The van der Waals surface area contributed by atoms with Crippen molar-refractivity contribution >= 4 is 43.1 Å². The minimum absolute atomic E-state index is 0.00710. The Morgan fingerprint density at radius 3 is 2.15 bits per heavy atom. The van der Waals surface area contributed by atoms with Gasteiger partial charge in [0.15, 0.2) is 9.84 Å². The fourth-order valence-corrected chi connectivity index (χ4v) is 6.05. The van der Waals surface area contributed by atoms with E-state index in [9.17, 15) is 26.4 Å². The SMILES string of the molecule is Cc1c(C(=O)N(C)Cc2ccc(S(C)(=O)=O)cc2Cl)[nH]c(C(N)=O)c1S(=O)(=O)c1ccccc1. The third kappa shape index (κ3) is 4.86. The van der Waals surface area contributed by atoms with Crippen LogP contribution in [0.5, 0.6) is 0 Å². The van der Waals surface area contributed by atoms with Gasteiger partial charge in [0.05, 0.1) is 9.79 Å². The van der Waals surface area contributed by atoms with E-state index in [2.05, 4.69) is 4.98 Å². The van der Waals surface area contributed by atoms with E-state index in [0.717, 1.165) is 6.26 Å². The number of carbonyl (C=O) groups excluding carboxylic acids is 2. The maximum atomic E-state index is 13.2. The number of sulfone groups is 2. The Morgan fingerprint density at radius 1 is 1.00 bits per heavy atom. The Hall–Kier alpha value is -3.15. The molecular weight excluding hydrogens is 502 g/mol. The summed E-state index contributed by atoms with van der Waals surface area (Å²) >= 11 is 6.21. The summed E-state index contributed by atoms with van der Waals surface area (Å²) < 4.78 is 49.8. The van der Waals surface area contributed by atoms with Crippen molar-refractivity contribution in [3.8, 4) is 0 Å². The largest absolute Gasteiger partial charge is 0.364 e. The van der Waals surface area contributed by atoms with Crippen LogP contribution in [0.4, 0.5) is 0 Å². The molecule has 0 spiro atoms. The first-order chi connectivity index (χ1) is 15.7. The number of hydrogen-bond acceptors (Lipinski definition) is 6. The summed E-state index contributed by atoms with van der Waals surface area (Å²) in [7, 11) is -6.15. The van der Waals surface area contributed by atoms with E-state index in [4.69, 9.17) is 17.3 Å². The van der Waals surface area contributed by atoms with Crippen LogP contribution in [0.3, 0.4) is 0 Å². The molecule has 1 aromatic heterocycles. The number of nitrogens with zero attached hydrogens (tertiary/aromatic N) is 1. The highest BCUT2D eigenvalue weighted by Crippen LogP contribution is 2.30. The summed E-state index contributed by atoms with van der Waals surface area (Å²) in [6.45, 7) is 1.40. The van der Waals surface area contributed by atoms with Gasteiger partial charge < -0.3 is 15.6 Å². The predicted molar refractivity (Wildman–Crippen MR) is 126 cm³/mol. The first kappa shape index (κ1) is 25.5. The van der Waals surface area contributed by atoms with Gasteiger partial charge >= 0.3 is 0 Å². The first-order valence-electron chi connectivity index (χ1n) is 9.81. The minimum atomic E-state index is -4.15. The highest BCUT2D eigenvalue weighted by Gasteiger charge is 2.32. The van der Waals surface area contributed by atoms with Crippen LogP contribution in [0.15, 0.2) is 63.2 Å². The van der Waals surface area contributed by atoms with E-state index >= 15 is 0 Å². The van der Waals surface area contributed by atoms with E-state index in [1.54, 1.807) is 6.07 Å². The third-order valence-corrected chi connectivity index (χ3v) is 8.58. The average molecular weight is 524 g/mol. The summed E-state index contributed by atoms with van der Waals surface area (Å²) in [5.41, 5.74) is 5.43. The number of halogens is 1. The number of benzene rings is 2. The lowest BCUT2D eigenvalue weighted by atomic mass is 10.2. The van der Waals surface area contributed by atoms with E-state index in [1.807, 2.05) is 0 Å². The van der Waals surface area contributed by atoms with Gasteiger partial charge in [-0.2, -0.15) is 0 Å². The topological polar surface area (TPSA) is 147 Å². The van der Waals surface area contributed by atoms with Crippen LogP contribution >= 0.6 is 11.6 Å². The van der Waals surface area contributed by atoms with Crippen molar-refractivity contribution in [3.63, 3.8) is 0 Å². The number of nitrogens with two attached hydrogens (primary N) is 1. The van der Waals surface area contributed by atoms with Gasteiger partial charge in [0.2, 0.25) is 9.84 Å². The van der Waals surface area contributed by atoms with E-state index in [0.29, 0.717) is 5.56 Å². The van der Waals surface area contributed by atoms with Crippen LogP contribution in [-0.4, -0.2) is 51.8 Å². The van der Waals surface area contributed by atoms with Crippen molar-refractivity contribution in [2.75, 3.05) is 13.3 Å². The lowest BCUT2D eigenvalue weighted by molar-refractivity contribution is 0.0779. The number of primary amides is 1. The molecule has 3 aromatic rings. The number of carbonyl (C=O) groups is 2. The fourth-order valence-electron chi connectivity index (χ4n) is 3.42. The van der Waals surface area contributed by atoms with Crippen LogP contribution in [0, 0.1) is 6.92 Å². The van der Waals surface area contributed by atoms with Crippen LogP contribution in [0.1, 0.15) is 32.1 Å². The van der Waals surface area contributed by atoms with Gasteiger partial charge in [-0.15, -0.1) is 0 Å². The second-order valence-corrected chi connectivity index (χ2v) is 12.0. The van der Waals surface area contributed by atoms with Crippen molar-refractivity contribution in [2.45, 2.75) is 28.2 Å². The van der Waals surface area contributed by atoms with Crippen molar-refractivity contribution < 1.29 is 26.4 Å². The fraction of sp³-hybridized carbons (Fsp3) is 0.182. The summed E-state index contributed by atoms with van der Waals surface area (Å²) in [4.78, 5) is 28.7. The lowest BCUT2D eigenvalue weighted by Gasteiger charge is -2.18. The highest BCUT2D eigenvalue weighted by atomic mass is 35.5. The maximum absolute atomic E-state index is 13.2. The molecule has 0 unspecified atom stereocenters. The molecule has 0 aliphatic rings. The molecule has 180 valence electrons. The molecule has 0 aliphatic heterocycles. The first-order valence-corrected chi connectivity index (χ1v) is 13.6. The summed E-state index contributed by atoms with van der Waals surface area (Å²) in [6.07, 6.45) is 1.05. The van der Waals surface area contributed by atoms with Crippen LogP contribution < -0.4 is 5.73 Å². The molecule has 9 nitrogen and oxygen atoms in total. The van der Waals surface area contributed by atoms with Crippen molar-refractivity contribution in [1.29, 1.82) is 0 Å². The smallest absolute Gasteiger partial charge is 0.270 e. The molecule has 12 heteroatoms. The molecule has 2 amide bonds. The van der Waals surface area contributed by atoms with Gasteiger partial charge in [-0.05, 0) is 42.3 Å². The van der Waals surface area contributed by atoms with Crippen LogP contribution in [-0.2, 0) is 26.2 Å². The molecule has 0 fully saturated rings. The van der Waals surface area contributed by atoms with Crippen LogP contribution in [0.25, 0.3) is 0 Å². The van der Waals surface area contributed by atoms with E-state index < -0.39 is 37.2 Å². The molecule has 0 bridgehead atoms. The minimum Gasteiger partial charge on any atom is -0.364 e. The number of H-pyrrole nitrogens is 1. The molecule has 0 radical (unpaired) electrons. The van der Waals surface area contributed by atoms with Gasteiger partial charge in [-0.1, -0.05) is 35.9 Å². The molecule has 2 aromatic carbocycles. The predicted octanol–water partition coefficient (Wildman–Crippen LogP) is 2.58. The Morgan fingerprint density at radius 2 is 1.62 bits per heavy atom. The number of nitrogens with one attached hydrogen (secondary N) is 1. The Balaban J connectivity index is 2.00. The molecule has 3 N–H and O–H groups in total. The summed E-state index contributed by atoms with van der Waals surface area (Å²) in [5, 5.41) is 0.149. The Labute approximate surface area is 202 Å². The van der Waals surface area contributed by atoms with Gasteiger partial charge in [0.25, 0.3) is 11.8 Å². The summed E-state index contributed by atoms with van der Waals surface area (Å²) in [5.74, 6) is -1.64. The lowest BCUT2D eigenvalue weighted by Crippen LogP contribution is -2.27. The molecule has 0 saturated carbocycles. The second kappa shape index (κ2) is 9.24. The van der Waals surface area contributed by atoms with Crippen molar-refractivity contribution in [2.24, 2.45) is 5.73 Å². The number of aromatic nitrogens is 1. The zero-order chi connectivity index (χ0) is 25.4. The monoisotopic (exact) mass is 523 g/mol. The normalized spacial score (nSPS) is 11.9. The highest BCUT2D eigenvalue weighted by molar-refractivity contribution is 7.91. The number of hydrogen-bond donors (Lipinski definition) is 2. The summed E-state index contributed by atoms with van der Waals surface area (Å²) in [6, 6.07) is 11.6. The number of aromatic amines is 1. The molecule has 1 heterocycles. The molecule has 0 aliphatic carbocycles. The standard InChI is InChI=1S/C22H22ClN3O6S2/c1-13-18(22(28)26(2)12-14-9-10-16(11-17(14)23)33(3,29)30)25-19(21(24)27)20(13)34(31,32)15-7-5-4-6-8-15/h4-11,25H,12H2,1-3H3,(H2,24,27). The maximum Gasteiger partial charge on any atom is 0.270 e. The number of rotatable bonds is 7. The van der Waals surface area contributed by atoms with Crippen LogP contribution in [0.2, 0.25) is 5.02 Å². The second-order valence-electron chi connectivity index (χ2n) is 7.70. The molecule has 34 heavy (non-hydrogen) atoms. The molecule has 3 rings (SSSR count). The van der Waals surface area contributed by atoms with E-state index in [1.165, 1.54) is 61.3 Å². The molecule has 0 atom stereocenters. The van der Waals surface area contributed by atoms with Gasteiger partial charge in [-0.3, -0.25) is 9.59 Å². The van der Waals surface area contributed by atoms with Crippen molar-refractivity contribution in [3.05, 3.63) is 76.1 Å². The average Bonchev–Trinajstić information content (AvgIpc) is 3.12. The molecular formula is C22H22ClN3O6S2. The Bertz CT molecular complexity index is 1500. The van der Waals surface area contributed by atoms with E-state index in [-0.39, 0.29) is 37.5 Å². The zero-order valence-electron chi connectivity index (χ0n) is 18.5. The quantitative estimate of drug-likeness (QED) is 0.486. The molecule has 0 saturated heterocycles.